The second-order valence-corrected chi connectivity index (χ2v) is 5.19. The molecule has 2 aromatic carbocycles. The van der Waals surface area contributed by atoms with E-state index in [2.05, 4.69) is 15.5 Å². The molecule has 3 rings (SSSR count). The maximum absolute atomic E-state index is 12.6. The monoisotopic (exact) mass is 306 g/mol. The van der Waals surface area contributed by atoms with Crippen LogP contribution in [-0.4, -0.2) is 15.8 Å². The number of nitrogens with one attached hydrogen (secondary N) is 1. The number of hydrazone groups is 1. The Morgan fingerprint density at radius 3 is 2.65 bits per heavy atom. The Morgan fingerprint density at radius 1 is 1.13 bits per heavy atom. The van der Waals surface area contributed by atoms with Crippen LogP contribution in [0.15, 0.2) is 64.5 Å². The predicted octanol–water partition coefficient (Wildman–Crippen LogP) is 3.25. The summed E-state index contributed by atoms with van der Waals surface area (Å²) in [6.45, 7) is 2.62. The normalized spacial score (nSPS) is 11.2. The summed E-state index contributed by atoms with van der Waals surface area (Å²) < 4.78 is 1.63. The van der Waals surface area contributed by atoms with Crippen LogP contribution in [0, 0.1) is 0 Å². The molecule has 0 aliphatic rings. The Kier molecular flexibility index (Phi) is 4.47. The van der Waals surface area contributed by atoms with Gasteiger partial charge in [-0.2, -0.15) is 5.10 Å². The highest BCUT2D eigenvalue weighted by atomic mass is 16.1. The van der Waals surface area contributed by atoms with Gasteiger partial charge in [0.15, 0.2) is 0 Å². The minimum Gasteiger partial charge on any atom is -0.277 e. The molecule has 0 spiro atoms. The molecule has 0 aliphatic heterocycles. The van der Waals surface area contributed by atoms with E-state index in [0.29, 0.717) is 23.4 Å². The number of anilines is 1. The van der Waals surface area contributed by atoms with E-state index in [-0.39, 0.29) is 5.56 Å². The molecule has 3 aromatic rings. The minimum absolute atomic E-state index is 0.0464. The summed E-state index contributed by atoms with van der Waals surface area (Å²) in [5.74, 6) is 0.461. The van der Waals surface area contributed by atoms with E-state index >= 15 is 0 Å². The van der Waals surface area contributed by atoms with Gasteiger partial charge in [-0.05, 0) is 24.1 Å². The molecule has 0 radical (unpaired) electrons. The molecule has 5 heteroatoms. The van der Waals surface area contributed by atoms with E-state index in [9.17, 15) is 4.79 Å². The van der Waals surface area contributed by atoms with Crippen LogP contribution < -0.4 is 11.0 Å². The fourth-order valence-electron chi connectivity index (χ4n) is 2.39. The molecule has 0 saturated heterocycles. The fourth-order valence-corrected chi connectivity index (χ4v) is 2.39. The maximum Gasteiger partial charge on any atom is 0.262 e. The second kappa shape index (κ2) is 6.87. The number of fused-ring (bicyclic) bond motifs is 1. The van der Waals surface area contributed by atoms with Gasteiger partial charge in [0.2, 0.25) is 5.95 Å². The molecule has 0 amide bonds. The van der Waals surface area contributed by atoms with Crippen molar-refractivity contribution in [3.05, 3.63) is 70.5 Å². The van der Waals surface area contributed by atoms with E-state index in [1.54, 1.807) is 16.8 Å². The van der Waals surface area contributed by atoms with Crippen LogP contribution in [-0.2, 0) is 6.54 Å². The largest absolute Gasteiger partial charge is 0.277 e. The van der Waals surface area contributed by atoms with Gasteiger partial charge in [0.05, 0.1) is 17.1 Å². The average molecular weight is 306 g/mol. The number of benzene rings is 2. The van der Waals surface area contributed by atoms with E-state index in [4.69, 9.17) is 0 Å². The highest BCUT2D eigenvalue weighted by Gasteiger charge is 2.09. The van der Waals surface area contributed by atoms with Crippen LogP contribution in [0.4, 0.5) is 5.95 Å². The van der Waals surface area contributed by atoms with Crippen LogP contribution in [0.3, 0.4) is 0 Å². The van der Waals surface area contributed by atoms with Crippen LogP contribution in [0.5, 0.6) is 0 Å². The molecule has 5 nitrogen and oxygen atoms in total. The summed E-state index contributed by atoms with van der Waals surface area (Å²) >= 11 is 0. The fraction of sp³-hybridized carbons (Fsp3) is 0.167. The lowest BCUT2D eigenvalue weighted by atomic mass is 10.2. The first-order valence-corrected chi connectivity index (χ1v) is 7.63. The van der Waals surface area contributed by atoms with Crippen LogP contribution in [0.2, 0.25) is 0 Å². The smallest absolute Gasteiger partial charge is 0.262 e. The summed E-state index contributed by atoms with van der Waals surface area (Å²) in [6, 6.07) is 17.1. The van der Waals surface area contributed by atoms with Gasteiger partial charge in [-0.15, -0.1) is 0 Å². The zero-order chi connectivity index (χ0) is 16.1. The van der Waals surface area contributed by atoms with E-state index < -0.39 is 0 Å². The maximum atomic E-state index is 12.6. The number of para-hydroxylation sites is 1. The quantitative estimate of drug-likeness (QED) is 0.581. The van der Waals surface area contributed by atoms with Gasteiger partial charge in [-0.1, -0.05) is 49.4 Å². The van der Waals surface area contributed by atoms with Gasteiger partial charge >= 0.3 is 0 Å². The molecule has 1 N–H and O–H groups in total. The van der Waals surface area contributed by atoms with Crippen molar-refractivity contribution in [2.75, 3.05) is 5.43 Å². The zero-order valence-corrected chi connectivity index (χ0v) is 12.9. The molecule has 0 fully saturated rings. The van der Waals surface area contributed by atoms with Crippen molar-refractivity contribution >= 4 is 23.1 Å². The second-order valence-electron chi connectivity index (χ2n) is 5.19. The number of hydrogen-bond donors (Lipinski definition) is 1. The molecule has 0 atom stereocenters. The third-order valence-electron chi connectivity index (χ3n) is 3.49. The molecule has 0 unspecified atom stereocenters. The summed E-state index contributed by atoms with van der Waals surface area (Å²) in [5, 5.41) is 4.83. The Morgan fingerprint density at radius 2 is 1.87 bits per heavy atom. The SMILES string of the molecule is CCCn1c(N/N=C\c2ccccc2)nc2ccccc2c1=O. The first-order chi connectivity index (χ1) is 11.3. The average Bonchev–Trinajstić information content (AvgIpc) is 2.59. The topological polar surface area (TPSA) is 59.3 Å². The molecular weight excluding hydrogens is 288 g/mol. The Hall–Kier alpha value is -2.95. The van der Waals surface area contributed by atoms with Gasteiger partial charge < -0.3 is 0 Å². The Balaban J connectivity index is 1.97. The molecule has 0 aliphatic carbocycles. The first kappa shape index (κ1) is 15.0. The van der Waals surface area contributed by atoms with Crippen molar-refractivity contribution in [1.29, 1.82) is 0 Å². The Labute approximate surface area is 134 Å². The summed E-state index contributed by atoms with van der Waals surface area (Å²) in [6.07, 6.45) is 2.55. The van der Waals surface area contributed by atoms with Crippen LogP contribution >= 0.6 is 0 Å². The van der Waals surface area contributed by atoms with Gasteiger partial charge in [0, 0.05) is 6.54 Å². The van der Waals surface area contributed by atoms with Crippen molar-refractivity contribution in [3.8, 4) is 0 Å². The lowest BCUT2D eigenvalue weighted by molar-refractivity contribution is 0.654. The van der Waals surface area contributed by atoms with Crippen molar-refractivity contribution in [3.63, 3.8) is 0 Å². The highest BCUT2D eigenvalue weighted by molar-refractivity contribution is 5.80. The third kappa shape index (κ3) is 3.29. The number of rotatable bonds is 5. The van der Waals surface area contributed by atoms with Gasteiger partial charge in [-0.25, -0.2) is 10.4 Å². The summed E-state index contributed by atoms with van der Waals surface area (Å²) in [4.78, 5) is 17.1. The Bertz CT molecular complexity index is 884. The van der Waals surface area contributed by atoms with Gasteiger partial charge in [0.1, 0.15) is 0 Å². The number of hydrogen-bond acceptors (Lipinski definition) is 4. The first-order valence-electron chi connectivity index (χ1n) is 7.63. The molecule has 116 valence electrons. The summed E-state index contributed by atoms with van der Waals surface area (Å²) in [7, 11) is 0. The minimum atomic E-state index is -0.0464. The summed E-state index contributed by atoms with van der Waals surface area (Å²) in [5.41, 5.74) is 4.50. The molecule has 23 heavy (non-hydrogen) atoms. The highest BCUT2D eigenvalue weighted by Crippen LogP contribution is 2.11. The van der Waals surface area contributed by atoms with Gasteiger partial charge in [-0.3, -0.25) is 9.36 Å². The van der Waals surface area contributed by atoms with Crippen molar-refractivity contribution < 1.29 is 0 Å². The molecule has 0 bridgehead atoms. The molecular formula is C18H18N4O. The number of aromatic nitrogens is 2. The van der Waals surface area contributed by atoms with E-state index in [1.807, 2.05) is 55.5 Å². The lowest BCUT2D eigenvalue weighted by Crippen LogP contribution is -2.24. The van der Waals surface area contributed by atoms with Crippen molar-refractivity contribution in [2.24, 2.45) is 5.10 Å². The van der Waals surface area contributed by atoms with Crippen LogP contribution in [0.25, 0.3) is 10.9 Å². The zero-order valence-electron chi connectivity index (χ0n) is 12.9. The van der Waals surface area contributed by atoms with Crippen molar-refractivity contribution in [1.82, 2.24) is 9.55 Å². The third-order valence-corrected chi connectivity index (χ3v) is 3.49. The predicted molar refractivity (Wildman–Crippen MR) is 94.0 cm³/mol. The van der Waals surface area contributed by atoms with Crippen molar-refractivity contribution in [2.45, 2.75) is 19.9 Å². The van der Waals surface area contributed by atoms with E-state index in [1.165, 1.54) is 0 Å². The van der Waals surface area contributed by atoms with Crippen LogP contribution in [0.1, 0.15) is 18.9 Å². The number of nitrogens with zero attached hydrogens (tertiary/aromatic N) is 3. The lowest BCUT2D eigenvalue weighted by Gasteiger charge is -2.11. The standard InChI is InChI=1S/C18H18N4O/c1-2-12-22-17(23)15-10-6-7-11-16(15)20-18(22)21-19-13-14-8-4-3-5-9-14/h3-11,13H,2,12H2,1H3,(H,20,21)/b19-13-. The molecule has 1 heterocycles. The van der Waals surface area contributed by atoms with E-state index in [0.717, 1.165) is 12.0 Å². The van der Waals surface area contributed by atoms with Gasteiger partial charge in [0.25, 0.3) is 5.56 Å². The molecule has 1 aromatic heterocycles. The molecule has 0 saturated carbocycles.